The summed E-state index contributed by atoms with van der Waals surface area (Å²) < 4.78 is 37.9. The molecule has 60 heavy (non-hydrogen) atoms. The average Bonchev–Trinajstić information content (AvgIpc) is 3.90. The van der Waals surface area contributed by atoms with Crippen molar-refractivity contribution < 1.29 is 62.2 Å². The molecule has 0 saturated heterocycles. The second-order valence-electron chi connectivity index (χ2n) is 17.4. The molecule has 0 nitrogen and oxygen atoms in total. The standard InChI is InChI=1S/C41H49.C8H5F3.C5H5.2ClH.Zr/c1-9-11-17-28-19-13-15-21-32(28)36-24-30-23-31-25-37(33-22-16-14-20-29(33)18-12-10-2)39(41(6,7)8)27-35(31)34(30)26-38(36)40(3,4)5;1-6-2-4-7(5-3-6)8(9,10)11;1-2-4-5-3-1;;;/h13-16,19-22,24,26-27H,9-12,17-18,23H2,1-8H3;1-5H;1-5H;2*1H;/q-1;;-1;;;+2/p-2. The Balaban J connectivity index is 0.000000420. The van der Waals surface area contributed by atoms with E-state index >= 15 is 0 Å². The van der Waals surface area contributed by atoms with Crippen LogP contribution in [-0.4, -0.2) is 3.71 Å². The summed E-state index contributed by atoms with van der Waals surface area (Å²) in [6.45, 7) is 18.7. The van der Waals surface area contributed by atoms with E-state index in [1.165, 1.54) is 129 Å². The molecule has 6 aromatic rings. The topological polar surface area (TPSA) is 0 Å². The second-order valence-corrected chi connectivity index (χ2v) is 18.1. The molecule has 0 N–H and O–H groups in total. The molecule has 316 valence electrons. The van der Waals surface area contributed by atoms with Crippen LogP contribution < -0.4 is 24.8 Å². The Hall–Kier alpha value is -3.43. The van der Waals surface area contributed by atoms with Crippen LogP contribution in [0, 0.1) is 6.07 Å². The van der Waals surface area contributed by atoms with Crippen LogP contribution in [0.3, 0.4) is 0 Å². The molecule has 0 unspecified atom stereocenters. The van der Waals surface area contributed by atoms with Crippen LogP contribution in [0.2, 0.25) is 0 Å². The molecule has 6 heteroatoms. The van der Waals surface area contributed by atoms with Gasteiger partial charge in [0.05, 0.1) is 0 Å². The molecule has 6 aromatic carbocycles. The van der Waals surface area contributed by atoms with Crippen LogP contribution in [0.25, 0.3) is 33.4 Å². The minimum absolute atomic E-state index is 0. The Bertz CT molecular complexity index is 2120. The minimum Gasteiger partial charge on any atom is -1.00 e. The zero-order chi connectivity index (χ0) is 42.1. The van der Waals surface area contributed by atoms with Gasteiger partial charge >= 0.3 is 82.7 Å². The summed E-state index contributed by atoms with van der Waals surface area (Å²) in [4.78, 5) is 0. The van der Waals surface area contributed by atoms with Crippen molar-refractivity contribution in [1.82, 2.24) is 0 Å². The number of alkyl halides is 3. The van der Waals surface area contributed by atoms with Crippen LogP contribution in [0.4, 0.5) is 13.2 Å². The van der Waals surface area contributed by atoms with Crippen molar-refractivity contribution in [3.8, 4) is 33.4 Å². The molecule has 0 radical (unpaired) electrons. The average molecular weight is 927 g/mol. The molecule has 0 atom stereocenters. The van der Waals surface area contributed by atoms with Crippen LogP contribution in [0.5, 0.6) is 0 Å². The van der Waals surface area contributed by atoms with Crippen molar-refractivity contribution >= 4 is 3.71 Å². The number of hydrogen-bond acceptors (Lipinski definition) is 0. The molecule has 1 aliphatic carbocycles. The normalized spacial score (nSPS) is 11.8. The first-order valence-electron chi connectivity index (χ1n) is 20.8. The molecule has 0 bridgehead atoms. The van der Waals surface area contributed by atoms with Crippen molar-refractivity contribution in [2.24, 2.45) is 0 Å². The number of benzene rings is 5. The molecule has 1 aliphatic rings. The van der Waals surface area contributed by atoms with E-state index in [2.05, 4.69) is 128 Å². The quantitative estimate of drug-likeness (QED) is 0.127. The third-order valence-electron chi connectivity index (χ3n) is 10.8. The van der Waals surface area contributed by atoms with Crippen LogP contribution in [-0.2, 0) is 60.5 Å². The number of unbranched alkanes of at least 4 members (excludes halogenated alkanes) is 2. The first-order chi connectivity index (χ1) is 27.6. The fourth-order valence-corrected chi connectivity index (χ4v) is 8.13. The monoisotopic (exact) mass is 924 g/mol. The van der Waals surface area contributed by atoms with Gasteiger partial charge in [-0.25, -0.2) is 12.1 Å². The van der Waals surface area contributed by atoms with Crippen molar-refractivity contribution in [3.63, 3.8) is 0 Å². The summed E-state index contributed by atoms with van der Waals surface area (Å²) in [5.74, 6) is 0. The number of fused-ring (bicyclic) bond motifs is 3. The van der Waals surface area contributed by atoms with Gasteiger partial charge in [-0.05, 0) is 64.3 Å². The molecule has 0 aromatic heterocycles. The zero-order valence-corrected chi connectivity index (χ0v) is 40.4. The zero-order valence-electron chi connectivity index (χ0n) is 36.5. The van der Waals surface area contributed by atoms with E-state index in [1.807, 2.05) is 34.0 Å². The number of rotatable bonds is 9. The summed E-state index contributed by atoms with van der Waals surface area (Å²) >= 11 is 1.18. The predicted molar refractivity (Wildman–Crippen MR) is 238 cm³/mol. The Kier molecular flexibility index (Phi) is 19.2. The van der Waals surface area contributed by atoms with E-state index in [4.69, 9.17) is 0 Å². The van der Waals surface area contributed by atoms with Gasteiger partial charge in [-0.1, -0.05) is 158 Å². The van der Waals surface area contributed by atoms with Crippen LogP contribution in [0.1, 0.15) is 126 Å². The molecular formula is C54H59Cl2F3Zr-2. The maximum Gasteiger partial charge on any atom is -0.172 e. The summed E-state index contributed by atoms with van der Waals surface area (Å²) in [6.07, 6.45) is 3.86. The van der Waals surface area contributed by atoms with Gasteiger partial charge < -0.3 is 24.8 Å². The molecule has 0 aliphatic heterocycles. The number of hydrogen-bond donors (Lipinski definition) is 0. The smallest absolute Gasteiger partial charge is 0.172 e. The van der Waals surface area contributed by atoms with E-state index in [9.17, 15) is 13.2 Å². The predicted octanol–water partition coefficient (Wildman–Crippen LogP) is 9.49. The molecular weight excluding hydrogens is 868 g/mol. The molecule has 0 heterocycles. The van der Waals surface area contributed by atoms with Gasteiger partial charge in [-0.3, -0.25) is 0 Å². The fourth-order valence-electron chi connectivity index (χ4n) is 7.65. The Labute approximate surface area is 386 Å². The van der Waals surface area contributed by atoms with Crippen LogP contribution in [0.15, 0.2) is 121 Å². The molecule has 0 fully saturated rings. The van der Waals surface area contributed by atoms with Crippen molar-refractivity contribution in [2.75, 3.05) is 0 Å². The Morgan fingerprint density at radius 1 is 0.617 bits per heavy atom. The largest absolute Gasteiger partial charge is 1.00 e. The van der Waals surface area contributed by atoms with Crippen LogP contribution >= 0.6 is 0 Å². The van der Waals surface area contributed by atoms with Crippen molar-refractivity contribution in [2.45, 2.75) is 117 Å². The van der Waals surface area contributed by atoms with E-state index in [1.54, 1.807) is 0 Å². The second kappa shape index (κ2) is 22.6. The van der Waals surface area contributed by atoms with Crippen molar-refractivity contribution in [1.29, 1.82) is 0 Å². The Morgan fingerprint density at radius 3 is 1.62 bits per heavy atom. The maximum atomic E-state index is 12.0. The fraction of sp³-hybridized carbons (Fsp3) is 0.333. The molecule has 7 rings (SSSR count). The maximum absolute atomic E-state index is 12.0. The van der Waals surface area contributed by atoms with Crippen molar-refractivity contribution in [3.05, 3.63) is 172 Å². The molecule has 0 amide bonds. The first-order valence-corrected chi connectivity index (χ1v) is 22.3. The van der Waals surface area contributed by atoms with Gasteiger partial charge in [-0.2, -0.15) is 18.2 Å². The summed E-state index contributed by atoms with van der Waals surface area (Å²) in [5, 5.41) is 0. The molecule has 0 spiro atoms. The van der Waals surface area contributed by atoms with E-state index < -0.39 is 11.7 Å². The third-order valence-corrected chi connectivity index (χ3v) is 11.6. The SMILES string of the molecule is CCCCc1ccccc1-c1[c-]c2c(cc1C(C)(C)C)-c1cc(C(C)(C)C)c(-c3ccccc3CCCC)cc1C2.FC(F)(F)c1ccc([CH]=[Zr+2])cc1.[Cl-].[Cl-].c1cc[cH-]c1. The summed E-state index contributed by atoms with van der Waals surface area (Å²) in [6, 6.07) is 44.9. The summed E-state index contributed by atoms with van der Waals surface area (Å²) in [5.41, 5.74) is 17.2. The number of aryl methyl sites for hydroxylation is 2. The van der Waals surface area contributed by atoms with Gasteiger partial charge in [0.2, 0.25) is 0 Å². The van der Waals surface area contributed by atoms with Gasteiger partial charge in [-0.15, -0.1) is 28.8 Å². The summed E-state index contributed by atoms with van der Waals surface area (Å²) in [7, 11) is 0. The van der Waals surface area contributed by atoms with Gasteiger partial charge in [0.15, 0.2) is 0 Å². The van der Waals surface area contributed by atoms with Gasteiger partial charge in [0.25, 0.3) is 0 Å². The minimum atomic E-state index is -4.22. The third kappa shape index (κ3) is 13.0. The van der Waals surface area contributed by atoms with Gasteiger partial charge in [0, 0.05) is 0 Å². The molecule has 0 saturated carbocycles. The number of halogens is 5. The van der Waals surface area contributed by atoms with E-state index in [-0.39, 0.29) is 35.6 Å². The van der Waals surface area contributed by atoms with E-state index in [0.717, 1.165) is 37.0 Å². The van der Waals surface area contributed by atoms with Gasteiger partial charge in [0.1, 0.15) is 0 Å². The van der Waals surface area contributed by atoms with E-state index in [0.29, 0.717) is 0 Å². The first kappa shape index (κ1) is 50.9. The Morgan fingerprint density at radius 2 is 1.13 bits per heavy atom.